The molecule has 1 aliphatic rings. The Labute approximate surface area is 173 Å². The van der Waals surface area contributed by atoms with Crippen LogP contribution in [0.15, 0.2) is 41.3 Å². The largest absolute Gasteiger partial charge is 0.351 e. The molecule has 0 unspecified atom stereocenters. The number of fused-ring (bicyclic) bond motifs is 1. The molecule has 1 saturated heterocycles. The summed E-state index contributed by atoms with van der Waals surface area (Å²) in [6.45, 7) is 4.28. The first-order valence-electron chi connectivity index (χ1n) is 9.51. The highest BCUT2D eigenvalue weighted by Crippen LogP contribution is 2.24. The van der Waals surface area contributed by atoms with Gasteiger partial charge in [-0.3, -0.25) is 4.79 Å². The molecule has 3 aromatic rings. The molecular formula is C21H21F2N3O3S. The molecule has 1 fully saturated rings. The number of aryl methyl sites for hydroxylation is 2. The molecule has 2 aromatic carbocycles. The summed E-state index contributed by atoms with van der Waals surface area (Å²) in [4.78, 5) is 16.9. The van der Waals surface area contributed by atoms with Crippen LogP contribution in [0.25, 0.3) is 10.9 Å². The molecule has 1 aliphatic heterocycles. The topological polar surface area (TPSA) is 73.5 Å². The number of nitrogens with zero attached hydrogens (tertiary/aromatic N) is 2. The van der Waals surface area contributed by atoms with Crippen molar-refractivity contribution in [3.8, 4) is 0 Å². The predicted molar refractivity (Wildman–Crippen MR) is 109 cm³/mol. The number of halogens is 2. The van der Waals surface area contributed by atoms with Gasteiger partial charge in [0.25, 0.3) is 5.91 Å². The van der Waals surface area contributed by atoms with E-state index in [2.05, 4.69) is 4.98 Å². The number of nitrogens with one attached hydrogen (secondary N) is 1. The maximum atomic E-state index is 14.0. The van der Waals surface area contributed by atoms with Crippen LogP contribution in [0.4, 0.5) is 8.78 Å². The Morgan fingerprint density at radius 3 is 2.40 bits per heavy atom. The van der Waals surface area contributed by atoms with E-state index in [1.165, 1.54) is 0 Å². The molecule has 0 aliphatic carbocycles. The zero-order valence-electron chi connectivity index (χ0n) is 16.6. The minimum absolute atomic E-state index is 0.00237. The van der Waals surface area contributed by atoms with Gasteiger partial charge in [-0.1, -0.05) is 6.07 Å². The molecule has 0 saturated carbocycles. The van der Waals surface area contributed by atoms with Gasteiger partial charge in [0, 0.05) is 37.1 Å². The fraction of sp³-hybridized carbons (Fsp3) is 0.286. The van der Waals surface area contributed by atoms with Crippen molar-refractivity contribution in [2.75, 3.05) is 26.2 Å². The van der Waals surface area contributed by atoms with Gasteiger partial charge in [0.05, 0.1) is 0 Å². The Kier molecular flexibility index (Phi) is 5.11. The van der Waals surface area contributed by atoms with Crippen LogP contribution >= 0.6 is 0 Å². The summed E-state index contributed by atoms with van der Waals surface area (Å²) in [7, 11) is -4.19. The highest BCUT2D eigenvalue weighted by atomic mass is 32.2. The van der Waals surface area contributed by atoms with Crippen molar-refractivity contribution in [1.82, 2.24) is 14.2 Å². The molecule has 6 nitrogen and oxygen atoms in total. The normalized spacial score (nSPS) is 15.7. The lowest BCUT2D eigenvalue weighted by molar-refractivity contribution is 0.0693. The standard InChI is InChI=1S/C21H21F2N3O3S/c1-13-9-14(2)16-12-19(24-18(16)10-13)21(27)25-5-7-26(8-6-25)30(28,29)20-11-15(22)3-4-17(20)23/h3-4,9-12,24H,5-8H2,1-2H3. The maximum absolute atomic E-state index is 14.0. The third kappa shape index (κ3) is 3.59. The van der Waals surface area contributed by atoms with Crippen LogP contribution in [0.3, 0.4) is 0 Å². The number of carbonyl (C=O) groups excluding carboxylic acids is 1. The van der Waals surface area contributed by atoms with E-state index < -0.39 is 26.6 Å². The number of sulfonamides is 1. The lowest BCUT2D eigenvalue weighted by Gasteiger charge is -2.33. The van der Waals surface area contributed by atoms with Crippen LogP contribution in [-0.2, 0) is 10.0 Å². The number of carbonyl (C=O) groups is 1. The lowest BCUT2D eigenvalue weighted by atomic mass is 10.1. The van der Waals surface area contributed by atoms with E-state index in [4.69, 9.17) is 0 Å². The highest BCUT2D eigenvalue weighted by molar-refractivity contribution is 7.89. The maximum Gasteiger partial charge on any atom is 0.270 e. The first-order valence-corrected chi connectivity index (χ1v) is 11.0. The monoisotopic (exact) mass is 433 g/mol. The number of benzene rings is 2. The summed E-state index contributed by atoms with van der Waals surface area (Å²) in [5.74, 6) is -2.05. The summed E-state index contributed by atoms with van der Waals surface area (Å²) < 4.78 is 53.9. The molecular weight excluding hydrogens is 412 g/mol. The van der Waals surface area contributed by atoms with Crippen LogP contribution in [0.5, 0.6) is 0 Å². The first-order chi connectivity index (χ1) is 14.2. The van der Waals surface area contributed by atoms with E-state index in [0.717, 1.165) is 38.5 Å². The Balaban J connectivity index is 1.51. The van der Waals surface area contributed by atoms with Crippen LogP contribution in [-0.4, -0.2) is 54.7 Å². The second kappa shape index (κ2) is 7.48. The molecule has 0 spiro atoms. The molecule has 30 heavy (non-hydrogen) atoms. The van der Waals surface area contributed by atoms with Crippen LogP contribution in [0, 0.1) is 25.5 Å². The summed E-state index contributed by atoms with van der Waals surface area (Å²) in [5, 5.41) is 0.965. The third-order valence-electron chi connectivity index (χ3n) is 5.36. The zero-order valence-corrected chi connectivity index (χ0v) is 17.4. The quantitative estimate of drug-likeness (QED) is 0.689. The number of hydrogen-bond acceptors (Lipinski definition) is 3. The summed E-state index contributed by atoms with van der Waals surface area (Å²) in [6, 6.07) is 8.15. The van der Waals surface area contributed by atoms with Gasteiger partial charge in [-0.05, 0) is 55.3 Å². The Morgan fingerprint density at radius 2 is 1.70 bits per heavy atom. The summed E-state index contributed by atoms with van der Waals surface area (Å²) in [5.41, 5.74) is 3.46. The molecule has 158 valence electrons. The molecule has 9 heteroatoms. The zero-order chi connectivity index (χ0) is 21.6. The lowest BCUT2D eigenvalue weighted by Crippen LogP contribution is -2.50. The van der Waals surface area contributed by atoms with Crippen molar-refractivity contribution in [3.63, 3.8) is 0 Å². The van der Waals surface area contributed by atoms with Crippen LogP contribution in [0.1, 0.15) is 21.6 Å². The van der Waals surface area contributed by atoms with E-state index in [1.54, 1.807) is 11.0 Å². The number of amides is 1. The van der Waals surface area contributed by atoms with E-state index in [0.29, 0.717) is 11.8 Å². The molecule has 2 heterocycles. The van der Waals surface area contributed by atoms with E-state index in [-0.39, 0.29) is 32.1 Å². The van der Waals surface area contributed by atoms with E-state index in [9.17, 15) is 22.0 Å². The Bertz CT molecular complexity index is 1250. The molecule has 0 atom stereocenters. The molecule has 0 bridgehead atoms. The second-order valence-electron chi connectivity index (χ2n) is 7.50. The summed E-state index contributed by atoms with van der Waals surface area (Å²) >= 11 is 0. The average Bonchev–Trinajstić information content (AvgIpc) is 3.13. The smallest absolute Gasteiger partial charge is 0.270 e. The van der Waals surface area contributed by atoms with Gasteiger partial charge in [0.2, 0.25) is 10.0 Å². The minimum Gasteiger partial charge on any atom is -0.351 e. The van der Waals surface area contributed by atoms with Gasteiger partial charge in [-0.2, -0.15) is 4.31 Å². The van der Waals surface area contributed by atoms with Gasteiger partial charge in [0.15, 0.2) is 0 Å². The molecule has 4 rings (SSSR count). The number of hydrogen-bond donors (Lipinski definition) is 1. The molecule has 0 radical (unpaired) electrons. The van der Waals surface area contributed by atoms with Crippen molar-refractivity contribution >= 4 is 26.8 Å². The van der Waals surface area contributed by atoms with Crippen LogP contribution < -0.4 is 0 Å². The number of piperazine rings is 1. The number of H-pyrrole nitrogens is 1. The number of aromatic amines is 1. The fourth-order valence-corrected chi connectivity index (χ4v) is 5.33. The third-order valence-corrected chi connectivity index (χ3v) is 7.27. The first kappa shape index (κ1) is 20.5. The van der Waals surface area contributed by atoms with Gasteiger partial charge in [-0.15, -0.1) is 0 Å². The van der Waals surface area contributed by atoms with E-state index in [1.807, 2.05) is 26.0 Å². The van der Waals surface area contributed by atoms with Crippen molar-refractivity contribution in [2.45, 2.75) is 18.7 Å². The Hall–Kier alpha value is -2.78. The average molecular weight is 433 g/mol. The highest BCUT2D eigenvalue weighted by Gasteiger charge is 2.32. The van der Waals surface area contributed by atoms with Crippen molar-refractivity contribution in [2.24, 2.45) is 0 Å². The van der Waals surface area contributed by atoms with Crippen molar-refractivity contribution in [1.29, 1.82) is 0 Å². The minimum atomic E-state index is -4.19. The molecule has 1 N–H and O–H groups in total. The van der Waals surface area contributed by atoms with Gasteiger partial charge < -0.3 is 9.88 Å². The van der Waals surface area contributed by atoms with E-state index >= 15 is 0 Å². The van der Waals surface area contributed by atoms with Gasteiger partial charge in [-0.25, -0.2) is 17.2 Å². The van der Waals surface area contributed by atoms with Gasteiger partial charge >= 0.3 is 0 Å². The van der Waals surface area contributed by atoms with Crippen molar-refractivity contribution in [3.05, 3.63) is 64.9 Å². The van der Waals surface area contributed by atoms with Crippen molar-refractivity contribution < 1.29 is 22.0 Å². The Morgan fingerprint density at radius 1 is 1.00 bits per heavy atom. The van der Waals surface area contributed by atoms with Gasteiger partial charge in [0.1, 0.15) is 22.2 Å². The second-order valence-corrected chi connectivity index (χ2v) is 9.40. The SMILES string of the molecule is Cc1cc(C)c2cc(C(=O)N3CCN(S(=O)(=O)c4cc(F)ccc4F)CC3)[nH]c2c1. The van der Waals surface area contributed by atoms with Crippen LogP contribution in [0.2, 0.25) is 0 Å². The summed E-state index contributed by atoms with van der Waals surface area (Å²) in [6.07, 6.45) is 0. The predicted octanol–water partition coefficient (Wildman–Crippen LogP) is 3.21. The fourth-order valence-electron chi connectivity index (χ4n) is 3.83. The molecule has 1 aromatic heterocycles. The molecule has 1 amide bonds. The number of rotatable bonds is 3. The number of aromatic nitrogens is 1.